The molecular formula is C8H16ClNO3. The van der Waals surface area contributed by atoms with E-state index in [-0.39, 0.29) is 30.0 Å². The fourth-order valence-corrected chi connectivity index (χ4v) is 1.08. The van der Waals surface area contributed by atoms with E-state index in [0.29, 0.717) is 13.2 Å². The summed E-state index contributed by atoms with van der Waals surface area (Å²) in [5, 5.41) is 3.06. The standard InChI is InChI=1S/C8H15NO3.ClH/c1-8(2)5-9-6(4-12-8)7(10)11-3;/h6,9H,4-5H2,1-3H3;1H. The number of carbonyl (C=O) groups is 1. The van der Waals surface area contributed by atoms with Gasteiger partial charge >= 0.3 is 5.97 Å². The zero-order valence-corrected chi connectivity index (χ0v) is 8.94. The van der Waals surface area contributed by atoms with E-state index in [0.717, 1.165) is 0 Å². The first-order valence-corrected chi connectivity index (χ1v) is 4.00. The summed E-state index contributed by atoms with van der Waals surface area (Å²) in [5.41, 5.74) is -0.176. The van der Waals surface area contributed by atoms with Gasteiger partial charge in [-0.15, -0.1) is 12.4 Å². The summed E-state index contributed by atoms with van der Waals surface area (Å²) in [4.78, 5) is 11.0. The number of hydrogen-bond acceptors (Lipinski definition) is 4. The van der Waals surface area contributed by atoms with Crippen molar-refractivity contribution in [2.45, 2.75) is 25.5 Å². The van der Waals surface area contributed by atoms with Gasteiger partial charge in [-0.05, 0) is 13.8 Å². The molecule has 0 saturated carbocycles. The molecule has 1 atom stereocenters. The van der Waals surface area contributed by atoms with Crippen LogP contribution in [0.2, 0.25) is 0 Å². The van der Waals surface area contributed by atoms with E-state index >= 15 is 0 Å². The van der Waals surface area contributed by atoms with E-state index in [2.05, 4.69) is 10.1 Å². The molecule has 0 radical (unpaired) electrons. The largest absolute Gasteiger partial charge is 0.468 e. The quantitative estimate of drug-likeness (QED) is 0.634. The Labute approximate surface area is 84.4 Å². The molecule has 1 aliphatic rings. The summed E-state index contributed by atoms with van der Waals surface area (Å²) in [6, 6.07) is -0.303. The highest BCUT2D eigenvalue weighted by Crippen LogP contribution is 2.13. The lowest BCUT2D eigenvalue weighted by Gasteiger charge is -2.34. The van der Waals surface area contributed by atoms with Gasteiger partial charge in [-0.3, -0.25) is 10.1 Å². The number of esters is 1. The Hall–Kier alpha value is -0.320. The maximum Gasteiger partial charge on any atom is 0.325 e. The second kappa shape index (κ2) is 4.79. The summed E-state index contributed by atoms with van der Waals surface area (Å²) in [5.74, 6) is -0.259. The van der Waals surface area contributed by atoms with E-state index in [9.17, 15) is 4.79 Å². The highest BCUT2D eigenvalue weighted by Gasteiger charge is 2.31. The zero-order valence-electron chi connectivity index (χ0n) is 8.12. The Kier molecular flexibility index (Phi) is 4.67. The van der Waals surface area contributed by atoms with Crippen LogP contribution in [0.4, 0.5) is 0 Å². The molecule has 4 nitrogen and oxygen atoms in total. The van der Waals surface area contributed by atoms with Gasteiger partial charge in [-0.2, -0.15) is 0 Å². The van der Waals surface area contributed by atoms with Gasteiger partial charge in [0.2, 0.25) is 0 Å². The SMILES string of the molecule is COC(=O)C1COC(C)(C)CN1.Cl. The maximum absolute atomic E-state index is 11.0. The number of morpholine rings is 1. The van der Waals surface area contributed by atoms with Crippen LogP contribution in [0.1, 0.15) is 13.8 Å². The first-order valence-electron chi connectivity index (χ1n) is 4.00. The van der Waals surface area contributed by atoms with Crippen LogP contribution < -0.4 is 5.32 Å². The summed E-state index contributed by atoms with van der Waals surface area (Å²) >= 11 is 0. The summed E-state index contributed by atoms with van der Waals surface area (Å²) < 4.78 is 10.0. The van der Waals surface area contributed by atoms with Gasteiger partial charge in [0.1, 0.15) is 6.04 Å². The van der Waals surface area contributed by atoms with Crippen molar-refractivity contribution in [2.75, 3.05) is 20.3 Å². The fourth-order valence-electron chi connectivity index (χ4n) is 1.08. The molecule has 0 aromatic rings. The van der Waals surface area contributed by atoms with Crippen LogP contribution in [-0.4, -0.2) is 37.9 Å². The third-order valence-electron chi connectivity index (χ3n) is 1.90. The lowest BCUT2D eigenvalue weighted by Crippen LogP contribution is -2.54. The van der Waals surface area contributed by atoms with Crippen molar-refractivity contribution in [1.82, 2.24) is 5.32 Å². The van der Waals surface area contributed by atoms with Crippen LogP contribution in [0.3, 0.4) is 0 Å². The maximum atomic E-state index is 11.0. The molecule has 1 unspecified atom stereocenters. The second-order valence-electron chi connectivity index (χ2n) is 3.53. The van der Waals surface area contributed by atoms with Gasteiger partial charge in [-0.1, -0.05) is 0 Å². The average Bonchev–Trinajstić information content (AvgIpc) is 2.03. The number of halogens is 1. The molecule has 13 heavy (non-hydrogen) atoms. The summed E-state index contributed by atoms with van der Waals surface area (Å²) in [6.07, 6.45) is 0. The van der Waals surface area contributed by atoms with E-state index in [1.807, 2.05) is 13.8 Å². The van der Waals surface area contributed by atoms with Crippen molar-refractivity contribution < 1.29 is 14.3 Å². The van der Waals surface area contributed by atoms with E-state index in [1.165, 1.54) is 7.11 Å². The van der Waals surface area contributed by atoms with Crippen molar-refractivity contribution >= 4 is 18.4 Å². The monoisotopic (exact) mass is 209 g/mol. The van der Waals surface area contributed by atoms with Crippen molar-refractivity contribution in [2.24, 2.45) is 0 Å². The number of rotatable bonds is 1. The van der Waals surface area contributed by atoms with Crippen LogP contribution >= 0.6 is 12.4 Å². The van der Waals surface area contributed by atoms with E-state index < -0.39 is 0 Å². The minimum Gasteiger partial charge on any atom is -0.468 e. The van der Waals surface area contributed by atoms with E-state index in [4.69, 9.17) is 4.74 Å². The first kappa shape index (κ1) is 12.7. The highest BCUT2D eigenvalue weighted by molar-refractivity contribution is 5.85. The predicted octanol–water partition coefficient (Wildman–Crippen LogP) is 0.348. The van der Waals surface area contributed by atoms with Gasteiger partial charge < -0.3 is 9.47 Å². The molecule has 0 amide bonds. The molecule has 1 N–H and O–H groups in total. The molecule has 0 aliphatic carbocycles. The number of ether oxygens (including phenoxy) is 2. The second-order valence-corrected chi connectivity index (χ2v) is 3.53. The topological polar surface area (TPSA) is 47.6 Å². The van der Waals surface area contributed by atoms with E-state index in [1.54, 1.807) is 0 Å². The molecule has 78 valence electrons. The molecule has 1 rings (SSSR count). The third-order valence-corrected chi connectivity index (χ3v) is 1.90. The molecule has 0 bridgehead atoms. The Morgan fingerprint density at radius 1 is 1.62 bits per heavy atom. The van der Waals surface area contributed by atoms with Gasteiger partial charge in [0.05, 0.1) is 19.3 Å². The van der Waals surface area contributed by atoms with Crippen molar-refractivity contribution in [3.05, 3.63) is 0 Å². The van der Waals surface area contributed by atoms with Gasteiger partial charge in [-0.25, -0.2) is 0 Å². The van der Waals surface area contributed by atoms with Crippen LogP contribution in [0.25, 0.3) is 0 Å². The number of hydrogen-bond donors (Lipinski definition) is 1. The Balaban J connectivity index is 0.00000144. The summed E-state index contributed by atoms with van der Waals surface area (Å²) in [7, 11) is 1.38. The lowest BCUT2D eigenvalue weighted by atomic mass is 10.1. The number of nitrogens with one attached hydrogen (secondary N) is 1. The fraction of sp³-hybridized carbons (Fsp3) is 0.875. The Bertz CT molecular complexity index is 174. The molecule has 1 fully saturated rings. The van der Waals surface area contributed by atoms with Crippen molar-refractivity contribution in [1.29, 1.82) is 0 Å². The molecule has 1 saturated heterocycles. The average molecular weight is 210 g/mol. The molecule has 0 aromatic heterocycles. The lowest BCUT2D eigenvalue weighted by molar-refractivity contribution is -0.150. The molecule has 0 aromatic carbocycles. The molecule has 0 spiro atoms. The minimum absolute atomic E-state index is 0. The Morgan fingerprint density at radius 3 is 2.62 bits per heavy atom. The number of carbonyl (C=O) groups excluding carboxylic acids is 1. The molecule has 1 heterocycles. The minimum atomic E-state index is -0.303. The van der Waals surface area contributed by atoms with Crippen molar-refractivity contribution in [3.8, 4) is 0 Å². The first-order chi connectivity index (χ1) is 5.55. The van der Waals surface area contributed by atoms with Gasteiger partial charge in [0.25, 0.3) is 0 Å². The highest BCUT2D eigenvalue weighted by atomic mass is 35.5. The van der Waals surface area contributed by atoms with Crippen LogP contribution in [0.5, 0.6) is 0 Å². The normalized spacial score (nSPS) is 25.9. The smallest absolute Gasteiger partial charge is 0.325 e. The molecule has 5 heteroatoms. The third kappa shape index (κ3) is 3.50. The van der Waals surface area contributed by atoms with Crippen molar-refractivity contribution in [3.63, 3.8) is 0 Å². The van der Waals surface area contributed by atoms with Crippen LogP contribution in [0, 0.1) is 0 Å². The van der Waals surface area contributed by atoms with Crippen LogP contribution in [0.15, 0.2) is 0 Å². The van der Waals surface area contributed by atoms with Crippen LogP contribution in [-0.2, 0) is 14.3 Å². The van der Waals surface area contributed by atoms with Gasteiger partial charge in [0, 0.05) is 6.54 Å². The number of methoxy groups -OCH3 is 1. The van der Waals surface area contributed by atoms with Gasteiger partial charge in [0.15, 0.2) is 0 Å². The predicted molar refractivity (Wildman–Crippen MR) is 51.1 cm³/mol. The zero-order chi connectivity index (χ0) is 9.19. The Morgan fingerprint density at radius 2 is 2.23 bits per heavy atom. The molecule has 1 aliphatic heterocycles. The summed E-state index contributed by atoms with van der Waals surface area (Å²) in [6.45, 7) is 5.02. The molecular weight excluding hydrogens is 194 g/mol.